The van der Waals surface area contributed by atoms with Gasteiger partial charge in [0.15, 0.2) is 5.84 Å². The molecular formula is C23H23FN4O6S2. The molecular weight excluding hydrogens is 511 g/mol. The van der Waals surface area contributed by atoms with E-state index in [-0.39, 0.29) is 46.5 Å². The van der Waals surface area contributed by atoms with E-state index < -0.39 is 37.2 Å². The van der Waals surface area contributed by atoms with Crippen LogP contribution in [-0.4, -0.2) is 51.4 Å². The van der Waals surface area contributed by atoms with Gasteiger partial charge in [0.05, 0.1) is 11.9 Å². The lowest BCUT2D eigenvalue weighted by Crippen LogP contribution is -2.53. The minimum absolute atomic E-state index is 0.0370. The van der Waals surface area contributed by atoms with Crippen LogP contribution < -0.4 is 10.0 Å². The molecule has 0 aromatic heterocycles. The zero-order chi connectivity index (χ0) is 25.9. The van der Waals surface area contributed by atoms with Crippen LogP contribution in [0.1, 0.15) is 24.8 Å². The first-order valence-electron chi connectivity index (χ1n) is 11.1. The van der Waals surface area contributed by atoms with Gasteiger partial charge in [0.2, 0.25) is 10.0 Å². The van der Waals surface area contributed by atoms with Gasteiger partial charge in [0.25, 0.3) is 15.9 Å². The number of halogens is 1. The van der Waals surface area contributed by atoms with Gasteiger partial charge in [-0.2, -0.15) is 8.42 Å². The first-order valence-corrected chi connectivity index (χ1v) is 14.4. The molecule has 2 heterocycles. The van der Waals surface area contributed by atoms with E-state index in [2.05, 4.69) is 14.4 Å². The van der Waals surface area contributed by atoms with Crippen molar-refractivity contribution in [1.29, 1.82) is 0 Å². The second kappa shape index (κ2) is 8.30. The van der Waals surface area contributed by atoms with Gasteiger partial charge < -0.3 is 15.3 Å². The highest BCUT2D eigenvalue weighted by molar-refractivity contribution is 7.92. The third kappa shape index (κ3) is 4.32. The number of nitrogens with zero attached hydrogens (tertiary/aromatic N) is 2. The SMILES string of the molecule is CS(=O)(=O)Nc1ccc2c(c1)S(=O)(=O)N=C(C1=C(O)C3(CCC3)CN(Cc3ccc(F)cc3)C1=O)N2. The van der Waals surface area contributed by atoms with E-state index in [1.807, 2.05) is 0 Å². The number of rotatable bonds is 5. The molecule has 0 saturated heterocycles. The molecule has 3 N–H and O–H groups in total. The topological polar surface area (TPSA) is 145 Å². The molecule has 0 atom stereocenters. The monoisotopic (exact) mass is 534 g/mol. The Kier molecular flexibility index (Phi) is 5.59. The fourth-order valence-corrected chi connectivity index (χ4v) is 6.43. The van der Waals surface area contributed by atoms with Crippen molar-refractivity contribution in [3.63, 3.8) is 0 Å². The highest BCUT2D eigenvalue weighted by Crippen LogP contribution is 2.50. The molecule has 36 heavy (non-hydrogen) atoms. The molecule has 0 bridgehead atoms. The lowest BCUT2D eigenvalue weighted by molar-refractivity contribution is -0.132. The van der Waals surface area contributed by atoms with Gasteiger partial charge >= 0.3 is 0 Å². The van der Waals surface area contributed by atoms with Crippen molar-refractivity contribution < 1.29 is 31.1 Å². The molecule has 1 amide bonds. The Bertz CT molecular complexity index is 1550. The van der Waals surface area contributed by atoms with Crippen LogP contribution in [0.4, 0.5) is 15.8 Å². The second-order valence-electron chi connectivity index (χ2n) is 9.27. The number of carbonyl (C=O) groups excluding carboxylic acids is 1. The lowest BCUT2D eigenvalue weighted by Gasteiger charge is -2.48. The fourth-order valence-electron chi connectivity index (χ4n) is 4.73. The summed E-state index contributed by atoms with van der Waals surface area (Å²) in [4.78, 5) is 14.7. The van der Waals surface area contributed by atoms with Crippen molar-refractivity contribution in [3.05, 3.63) is 65.2 Å². The molecule has 0 radical (unpaired) electrons. The summed E-state index contributed by atoms with van der Waals surface area (Å²) in [6, 6.07) is 9.57. The summed E-state index contributed by atoms with van der Waals surface area (Å²) in [6.07, 6.45) is 3.01. The summed E-state index contributed by atoms with van der Waals surface area (Å²) in [6.45, 7) is 0.393. The Morgan fingerprint density at radius 1 is 1.19 bits per heavy atom. The number of nitrogens with one attached hydrogen (secondary N) is 2. The third-order valence-corrected chi connectivity index (χ3v) is 8.52. The number of fused-ring (bicyclic) bond motifs is 1. The molecule has 1 saturated carbocycles. The smallest absolute Gasteiger partial charge is 0.286 e. The molecule has 5 rings (SSSR count). The van der Waals surface area contributed by atoms with Crippen molar-refractivity contribution >= 4 is 43.2 Å². The number of aliphatic hydroxyl groups is 1. The van der Waals surface area contributed by atoms with Crippen LogP contribution in [0.15, 0.2) is 63.1 Å². The number of benzene rings is 2. The quantitative estimate of drug-likeness (QED) is 0.535. The Balaban J connectivity index is 1.53. The van der Waals surface area contributed by atoms with Crippen LogP contribution in [0.2, 0.25) is 0 Å². The van der Waals surface area contributed by atoms with Crippen LogP contribution in [0, 0.1) is 11.2 Å². The van der Waals surface area contributed by atoms with E-state index in [1.54, 1.807) is 12.1 Å². The van der Waals surface area contributed by atoms with Crippen molar-refractivity contribution in [2.24, 2.45) is 9.81 Å². The number of amidine groups is 1. The van der Waals surface area contributed by atoms with Crippen LogP contribution in [0.25, 0.3) is 0 Å². The molecule has 2 aromatic carbocycles. The molecule has 2 aromatic rings. The number of aliphatic hydroxyl groups excluding tert-OH is 1. The minimum Gasteiger partial charge on any atom is -0.511 e. The van der Waals surface area contributed by atoms with E-state index in [4.69, 9.17) is 0 Å². The maximum absolute atomic E-state index is 13.5. The maximum Gasteiger partial charge on any atom is 0.286 e. The van der Waals surface area contributed by atoms with Crippen LogP contribution in [-0.2, 0) is 31.4 Å². The number of carbonyl (C=O) groups is 1. The fraction of sp³-hybridized carbons (Fsp3) is 0.304. The highest BCUT2D eigenvalue weighted by Gasteiger charge is 2.51. The average Bonchev–Trinajstić information content (AvgIpc) is 2.75. The molecule has 1 spiro atoms. The van der Waals surface area contributed by atoms with Crippen molar-refractivity contribution in [1.82, 2.24) is 4.90 Å². The predicted molar refractivity (Wildman–Crippen MR) is 131 cm³/mol. The zero-order valence-corrected chi connectivity index (χ0v) is 20.8. The van der Waals surface area contributed by atoms with Gasteiger partial charge in [-0.15, -0.1) is 4.40 Å². The number of hydrogen-bond acceptors (Lipinski definition) is 7. The van der Waals surface area contributed by atoms with Crippen LogP contribution in [0.5, 0.6) is 0 Å². The first kappa shape index (κ1) is 24.3. The van der Waals surface area contributed by atoms with Crippen LogP contribution in [0.3, 0.4) is 0 Å². The lowest BCUT2D eigenvalue weighted by atomic mass is 9.64. The Morgan fingerprint density at radius 3 is 2.50 bits per heavy atom. The minimum atomic E-state index is -4.34. The molecule has 0 unspecified atom stereocenters. The molecule has 3 aliphatic rings. The summed E-state index contributed by atoms with van der Waals surface area (Å²) in [7, 11) is -7.98. The van der Waals surface area contributed by atoms with Gasteiger partial charge in [-0.1, -0.05) is 18.6 Å². The molecule has 13 heteroatoms. The van der Waals surface area contributed by atoms with Crippen molar-refractivity contribution in [2.75, 3.05) is 22.8 Å². The summed E-state index contributed by atoms with van der Waals surface area (Å²) in [5, 5.41) is 14.0. The van der Waals surface area contributed by atoms with E-state index in [0.717, 1.165) is 18.7 Å². The van der Waals surface area contributed by atoms with E-state index in [9.17, 15) is 31.1 Å². The highest BCUT2D eigenvalue weighted by atomic mass is 32.2. The number of sulfonamides is 2. The Labute approximate surface area is 207 Å². The molecule has 2 aliphatic heterocycles. The second-order valence-corrected chi connectivity index (χ2v) is 12.6. The Hall–Kier alpha value is -3.45. The summed E-state index contributed by atoms with van der Waals surface area (Å²) in [5.74, 6) is -1.51. The molecule has 190 valence electrons. The Morgan fingerprint density at radius 2 is 1.89 bits per heavy atom. The van der Waals surface area contributed by atoms with E-state index >= 15 is 0 Å². The summed E-state index contributed by atoms with van der Waals surface area (Å²) in [5.41, 5.74) is -0.126. The number of hydrogen-bond donors (Lipinski definition) is 3. The normalized spacial score (nSPS) is 20.3. The predicted octanol–water partition coefficient (Wildman–Crippen LogP) is 2.73. The first-order chi connectivity index (χ1) is 16.9. The largest absolute Gasteiger partial charge is 0.511 e. The summed E-state index contributed by atoms with van der Waals surface area (Å²) < 4.78 is 68.5. The van der Waals surface area contributed by atoms with E-state index in [1.165, 1.54) is 29.2 Å². The zero-order valence-electron chi connectivity index (χ0n) is 19.2. The van der Waals surface area contributed by atoms with Gasteiger partial charge in [-0.3, -0.25) is 9.52 Å². The van der Waals surface area contributed by atoms with Crippen molar-refractivity contribution in [3.8, 4) is 0 Å². The molecule has 1 fully saturated rings. The molecule has 1 aliphatic carbocycles. The van der Waals surface area contributed by atoms with Gasteiger partial charge in [0, 0.05) is 24.2 Å². The third-order valence-electron chi connectivity index (χ3n) is 6.60. The molecule has 10 nitrogen and oxygen atoms in total. The standard InChI is InChI=1S/C23H23FN4O6S2/c1-35(31,32)26-16-7-8-17-18(11-16)36(33,34)27-21(25-17)19-20(29)23(9-2-10-23)13-28(22(19)30)12-14-3-5-15(24)6-4-14/h3-8,11,26,29H,2,9-10,12-13H2,1H3,(H,25,27). The van der Waals surface area contributed by atoms with Gasteiger partial charge in [-0.25, -0.2) is 12.8 Å². The average molecular weight is 535 g/mol. The maximum atomic E-state index is 13.5. The van der Waals surface area contributed by atoms with E-state index in [0.29, 0.717) is 18.4 Å². The van der Waals surface area contributed by atoms with Gasteiger partial charge in [-0.05, 0) is 48.7 Å². The van der Waals surface area contributed by atoms with Crippen molar-refractivity contribution in [2.45, 2.75) is 30.7 Å². The number of amides is 1. The van der Waals surface area contributed by atoms with Crippen LogP contribution >= 0.6 is 0 Å². The summed E-state index contributed by atoms with van der Waals surface area (Å²) >= 11 is 0. The van der Waals surface area contributed by atoms with Gasteiger partial charge in [0.1, 0.15) is 22.0 Å². The number of anilines is 2.